The van der Waals surface area contributed by atoms with E-state index in [9.17, 15) is 29.4 Å². The molecule has 0 aromatic carbocycles. The molecule has 2 N–H and O–H groups in total. The van der Waals surface area contributed by atoms with Gasteiger partial charge in [-0.2, -0.15) is 0 Å². The van der Waals surface area contributed by atoms with Crippen molar-refractivity contribution in [3.8, 4) is 0 Å². The molecule has 1 saturated heterocycles. The minimum atomic E-state index is -1.53. The minimum Gasteiger partial charge on any atom is -0.466 e. The molecule has 10 heteroatoms. The van der Waals surface area contributed by atoms with E-state index in [1.54, 1.807) is 13.8 Å². The lowest BCUT2D eigenvalue weighted by molar-refractivity contribution is -0.172. The van der Waals surface area contributed by atoms with Crippen molar-refractivity contribution in [1.82, 2.24) is 0 Å². The summed E-state index contributed by atoms with van der Waals surface area (Å²) in [5, 5.41) is 20.2. The average Bonchev–Trinajstić information content (AvgIpc) is 3.00. The van der Waals surface area contributed by atoms with E-state index in [1.165, 1.54) is 6.08 Å². The third-order valence-corrected chi connectivity index (χ3v) is 5.10. The molecular weight excluding hydrogens is 424 g/mol. The van der Waals surface area contributed by atoms with Crippen LogP contribution in [0.4, 0.5) is 0 Å². The van der Waals surface area contributed by atoms with E-state index in [-0.39, 0.29) is 17.6 Å². The van der Waals surface area contributed by atoms with Crippen LogP contribution in [0.15, 0.2) is 35.5 Å². The van der Waals surface area contributed by atoms with E-state index >= 15 is 0 Å². The second-order valence-electron chi connectivity index (χ2n) is 7.88. The summed E-state index contributed by atoms with van der Waals surface area (Å²) in [6.07, 6.45) is -2.84. The standard InChI is InChI=1S/C22H28O10/c1-10(2)20(26)32-19-17-11(3)21(27)31-16(17)7-13(9-23)6-14(25)8-15(22(28)29-5)18(19)30-12(4)24/h7-8,10,14,16-19,23,25H,3,6,9H2,1-2,4-5H3/b13-7+,15-8+/t14-,16-,17+,18-,19?/m1/s1. The van der Waals surface area contributed by atoms with Crippen LogP contribution in [0, 0.1) is 11.8 Å². The molecule has 0 spiro atoms. The van der Waals surface area contributed by atoms with E-state index in [0.717, 1.165) is 20.1 Å². The fourth-order valence-corrected chi connectivity index (χ4v) is 3.56. The lowest BCUT2D eigenvalue weighted by atomic mass is 9.83. The van der Waals surface area contributed by atoms with Crippen molar-refractivity contribution >= 4 is 23.9 Å². The molecule has 10 nitrogen and oxygen atoms in total. The van der Waals surface area contributed by atoms with Crippen LogP contribution >= 0.6 is 0 Å². The van der Waals surface area contributed by atoms with Crippen LogP contribution < -0.4 is 0 Å². The van der Waals surface area contributed by atoms with Crippen molar-refractivity contribution in [2.24, 2.45) is 11.8 Å². The first-order chi connectivity index (χ1) is 15.0. The van der Waals surface area contributed by atoms with E-state index < -0.39 is 66.7 Å². The molecule has 32 heavy (non-hydrogen) atoms. The van der Waals surface area contributed by atoms with Crippen molar-refractivity contribution in [1.29, 1.82) is 0 Å². The van der Waals surface area contributed by atoms with E-state index in [4.69, 9.17) is 18.9 Å². The Kier molecular flexibility index (Phi) is 8.34. The Morgan fingerprint density at radius 1 is 1.25 bits per heavy atom. The third-order valence-electron chi connectivity index (χ3n) is 5.10. The highest BCUT2D eigenvalue weighted by Crippen LogP contribution is 2.38. The monoisotopic (exact) mass is 452 g/mol. The van der Waals surface area contributed by atoms with E-state index in [0.29, 0.717) is 5.57 Å². The number of carbonyl (C=O) groups is 4. The molecule has 1 heterocycles. The number of ether oxygens (including phenoxy) is 4. The first-order valence-electron chi connectivity index (χ1n) is 10.1. The fraction of sp³-hybridized carbons (Fsp3) is 0.545. The molecule has 1 aliphatic heterocycles. The van der Waals surface area contributed by atoms with Crippen molar-refractivity contribution in [3.63, 3.8) is 0 Å². The van der Waals surface area contributed by atoms with Gasteiger partial charge in [0.05, 0.1) is 37.2 Å². The minimum absolute atomic E-state index is 0.0624. The number of carbonyl (C=O) groups excluding carboxylic acids is 4. The normalized spacial score (nSPS) is 31.4. The SMILES string of the molecule is C=C1C(=O)O[C@@H]2/C=C(/CO)C[C@@H](O)/C=C(/C(=O)OC)[C@@H](OC(C)=O)C(OC(=O)C(C)C)[C@@H]12. The third kappa shape index (κ3) is 5.63. The van der Waals surface area contributed by atoms with Crippen molar-refractivity contribution in [3.05, 3.63) is 35.5 Å². The van der Waals surface area contributed by atoms with E-state index in [1.807, 2.05) is 0 Å². The zero-order valence-corrected chi connectivity index (χ0v) is 18.4. The lowest BCUT2D eigenvalue weighted by Gasteiger charge is -2.34. The summed E-state index contributed by atoms with van der Waals surface area (Å²) >= 11 is 0. The Hall–Kier alpha value is -2.98. The van der Waals surface area contributed by atoms with Crippen molar-refractivity contribution in [2.45, 2.75) is 51.6 Å². The largest absolute Gasteiger partial charge is 0.466 e. The second-order valence-corrected chi connectivity index (χ2v) is 7.88. The Labute approximate surface area is 185 Å². The number of rotatable bonds is 5. The first kappa shape index (κ1) is 25.3. The number of aliphatic hydroxyl groups is 2. The van der Waals surface area contributed by atoms with Crippen LogP contribution in [0.2, 0.25) is 0 Å². The zero-order valence-electron chi connectivity index (χ0n) is 18.4. The number of methoxy groups -OCH3 is 1. The maximum absolute atomic E-state index is 12.6. The molecule has 0 aromatic rings. The molecule has 1 fully saturated rings. The Bertz CT molecular complexity index is 853. The van der Waals surface area contributed by atoms with Gasteiger partial charge in [-0.05, 0) is 17.7 Å². The quantitative estimate of drug-likeness (QED) is 0.260. The van der Waals surface area contributed by atoms with Crippen molar-refractivity contribution in [2.75, 3.05) is 13.7 Å². The summed E-state index contributed by atoms with van der Waals surface area (Å²) in [6.45, 7) is 7.53. The highest BCUT2D eigenvalue weighted by Gasteiger charge is 2.51. The predicted octanol–water partition coefficient (Wildman–Crippen LogP) is 0.366. The van der Waals surface area contributed by atoms with Crippen LogP contribution in [0.1, 0.15) is 27.2 Å². The number of hydrogen-bond acceptors (Lipinski definition) is 10. The highest BCUT2D eigenvalue weighted by molar-refractivity contribution is 5.93. The maximum atomic E-state index is 12.6. The van der Waals surface area contributed by atoms with Gasteiger partial charge < -0.3 is 29.2 Å². The van der Waals surface area contributed by atoms with Gasteiger partial charge in [0.25, 0.3) is 0 Å². The molecule has 0 radical (unpaired) electrons. The molecule has 0 bridgehead atoms. The van der Waals surface area contributed by atoms with E-state index in [2.05, 4.69) is 6.58 Å². The molecule has 0 amide bonds. The number of hydrogen-bond donors (Lipinski definition) is 2. The Balaban J connectivity index is 2.77. The van der Waals surface area contributed by atoms with Gasteiger partial charge >= 0.3 is 23.9 Å². The number of aliphatic hydroxyl groups excluding tert-OH is 2. The molecular formula is C22H28O10. The molecule has 5 atom stereocenters. The van der Waals surface area contributed by atoms with Crippen molar-refractivity contribution < 1.29 is 48.3 Å². The van der Waals surface area contributed by atoms with Gasteiger partial charge in [0.15, 0.2) is 12.2 Å². The van der Waals surface area contributed by atoms with Gasteiger partial charge in [0, 0.05) is 18.9 Å². The van der Waals surface area contributed by atoms with Crippen LogP contribution in [-0.4, -0.2) is 72.2 Å². The molecule has 0 aromatic heterocycles. The lowest BCUT2D eigenvalue weighted by Crippen LogP contribution is -2.47. The molecule has 176 valence electrons. The summed E-state index contributed by atoms with van der Waals surface area (Å²) in [4.78, 5) is 49.4. The molecule has 1 unspecified atom stereocenters. The Morgan fingerprint density at radius 3 is 2.44 bits per heavy atom. The summed E-state index contributed by atoms with van der Waals surface area (Å²) in [5.41, 5.74) is -0.0373. The molecule has 2 aliphatic rings. The highest BCUT2D eigenvalue weighted by atomic mass is 16.6. The summed E-state index contributed by atoms with van der Waals surface area (Å²) in [6, 6.07) is 0. The van der Waals surface area contributed by atoms with Crippen LogP contribution in [0.3, 0.4) is 0 Å². The first-order valence-corrected chi connectivity index (χ1v) is 10.1. The van der Waals surface area contributed by atoms with Crippen LogP contribution in [0.5, 0.6) is 0 Å². The van der Waals surface area contributed by atoms with Gasteiger partial charge in [-0.1, -0.05) is 20.4 Å². The Morgan fingerprint density at radius 2 is 1.91 bits per heavy atom. The van der Waals surface area contributed by atoms with Gasteiger partial charge in [0.1, 0.15) is 6.10 Å². The maximum Gasteiger partial charge on any atom is 0.337 e. The van der Waals surface area contributed by atoms with Gasteiger partial charge in [-0.25, -0.2) is 9.59 Å². The molecule has 1 aliphatic carbocycles. The summed E-state index contributed by atoms with van der Waals surface area (Å²) in [7, 11) is 1.09. The van der Waals surface area contributed by atoms with Crippen LogP contribution in [0.25, 0.3) is 0 Å². The van der Waals surface area contributed by atoms with Crippen LogP contribution in [-0.2, 0) is 38.1 Å². The number of esters is 4. The smallest absolute Gasteiger partial charge is 0.337 e. The number of fused-ring (bicyclic) bond motifs is 1. The topological polar surface area (TPSA) is 146 Å². The second kappa shape index (κ2) is 10.6. The summed E-state index contributed by atoms with van der Waals surface area (Å²) < 4.78 is 21.1. The molecule has 2 rings (SSSR count). The fourth-order valence-electron chi connectivity index (χ4n) is 3.56. The van der Waals surface area contributed by atoms with Gasteiger partial charge in [-0.15, -0.1) is 0 Å². The predicted molar refractivity (Wildman–Crippen MR) is 109 cm³/mol. The average molecular weight is 452 g/mol. The summed E-state index contributed by atoms with van der Waals surface area (Å²) in [5.74, 6) is -4.84. The zero-order chi connectivity index (χ0) is 24.2. The van der Waals surface area contributed by atoms with Gasteiger partial charge in [-0.3, -0.25) is 9.59 Å². The van der Waals surface area contributed by atoms with Gasteiger partial charge in [0.2, 0.25) is 0 Å². The molecule has 0 saturated carbocycles.